The van der Waals surface area contributed by atoms with Crippen LogP contribution in [0.4, 0.5) is 0 Å². The second kappa shape index (κ2) is 8.35. The summed E-state index contributed by atoms with van der Waals surface area (Å²) in [5.74, 6) is 2.17. The Labute approximate surface area is 197 Å². The van der Waals surface area contributed by atoms with Crippen LogP contribution in [0.3, 0.4) is 0 Å². The van der Waals surface area contributed by atoms with Crippen LogP contribution in [0.2, 0.25) is 0 Å². The van der Waals surface area contributed by atoms with Gasteiger partial charge >= 0.3 is 20.4 Å². The van der Waals surface area contributed by atoms with Crippen molar-refractivity contribution in [3.63, 3.8) is 0 Å². The molecule has 0 fully saturated rings. The van der Waals surface area contributed by atoms with Crippen LogP contribution in [0, 0.1) is 12.7 Å². The molecule has 0 atom stereocenters. The Hall–Kier alpha value is -3.86. The van der Waals surface area contributed by atoms with E-state index >= 15 is 0 Å². The number of imidazole rings is 2. The van der Waals surface area contributed by atoms with Gasteiger partial charge in [0.25, 0.3) is 0 Å². The van der Waals surface area contributed by atoms with Gasteiger partial charge < -0.3 is 23.8 Å². The Kier molecular flexibility index (Phi) is 5.23. The van der Waals surface area contributed by atoms with Gasteiger partial charge in [0.05, 0.1) is 11.6 Å². The van der Waals surface area contributed by atoms with Crippen LogP contribution in [0.1, 0.15) is 0 Å². The molecular weight excluding hydrogens is 495 g/mol. The van der Waals surface area contributed by atoms with E-state index in [9.17, 15) is 0 Å². The van der Waals surface area contributed by atoms with E-state index in [4.69, 9.17) is 4.74 Å². The smallest absolute Gasteiger partial charge is 0.422 e. The summed E-state index contributed by atoms with van der Waals surface area (Å²) in [6.07, 6.45) is 5.97. The van der Waals surface area contributed by atoms with E-state index in [0.29, 0.717) is 23.4 Å². The fourth-order valence-corrected chi connectivity index (χ4v) is 3.44. The number of fused-ring (bicyclic) bond motifs is 2. The average Bonchev–Trinajstić information content (AvgIpc) is 3.44. The minimum absolute atomic E-state index is 0. The van der Waals surface area contributed by atoms with Crippen LogP contribution in [0.25, 0.3) is 33.7 Å². The Balaban J connectivity index is 0.00000216. The quantitative estimate of drug-likeness (QED) is 0.258. The van der Waals surface area contributed by atoms with Gasteiger partial charge in [-0.2, -0.15) is 0 Å². The van der Waals surface area contributed by atoms with E-state index in [1.54, 1.807) is 21.3 Å². The van der Waals surface area contributed by atoms with Crippen molar-refractivity contribution in [1.82, 2.24) is 29.1 Å². The number of hydrogen-bond acceptors (Lipinski definition) is 5. The number of aromatic nitrogens is 6. The van der Waals surface area contributed by atoms with E-state index in [2.05, 4.69) is 32.6 Å². The third-order valence-electron chi connectivity index (χ3n) is 4.87. The van der Waals surface area contributed by atoms with Gasteiger partial charge in [0.15, 0.2) is 0 Å². The minimum Gasteiger partial charge on any atom is -0.422 e. The number of pyridine rings is 2. The van der Waals surface area contributed by atoms with Crippen LogP contribution in [-0.4, -0.2) is 29.1 Å². The molecule has 8 heteroatoms. The second-order valence-corrected chi connectivity index (χ2v) is 6.84. The monoisotopic (exact) mass is 508 g/mol. The maximum atomic E-state index is 5.96. The summed E-state index contributed by atoms with van der Waals surface area (Å²) in [5, 5.41) is 0. The van der Waals surface area contributed by atoms with Crippen molar-refractivity contribution < 1.29 is 25.2 Å². The van der Waals surface area contributed by atoms with E-state index in [-0.39, 0.29) is 20.4 Å². The number of rotatable bonds is 4. The molecule has 0 aliphatic heterocycles. The van der Waals surface area contributed by atoms with E-state index < -0.39 is 0 Å². The summed E-state index contributed by atoms with van der Waals surface area (Å²) in [4.78, 5) is 17.8. The normalized spacial score (nSPS) is 10.9. The van der Waals surface area contributed by atoms with Crippen molar-refractivity contribution in [2.75, 3.05) is 0 Å². The molecule has 0 amide bonds. The largest absolute Gasteiger partial charge is 2.00 e. The molecule has 2 aromatic carbocycles. The summed E-state index contributed by atoms with van der Waals surface area (Å²) in [5.41, 5.74) is 3.56. The first-order valence-electron chi connectivity index (χ1n) is 9.68. The Morgan fingerprint density at radius 2 is 1.03 bits per heavy atom. The fourth-order valence-electron chi connectivity index (χ4n) is 3.44. The van der Waals surface area contributed by atoms with Crippen molar-refractivity contribution in [3.8, 4) is 23.4 Å². The van der Waals surface area contributed by atoms with Gasteiger partial charge in [-0.3, -0.25) is 0 Å². The standard InChI is InChI=1S/C24H14N6O.Pd/c1-3-9-19-17(7-1)25-15-29(19)21-11-5-13-23(27-21)31-24-14-6-12-22(28-24)30-16-26-18-8-2-4-10-20(18)30;/h1-14H;/q-2;+2. The molecule has 6 aromatic rings. The summed E-state index contributed by atoms with van der Waals surface area (Å²) in [7, 11) is 0. The van der Waals surface area contributed by atoms with Crippen molar-refractivity contribution in [3.05, 3.63) is 97.6 Å². The predicted molar refractivity (Wildman–Crippen MR) is 115 cm³/mol. The Morgan fingerprint density at radius 3 is 1.53 bits per heavy atom. The van der Waals surface area contributed by atoms with Crippen molar-refractivity contribution in [2.45, 2.75) is 0 Å². The van der Waals surface area contributed by atoms with Crippen LogP contribution in [0.5, 0.6) is 11.8 Å². The molecule has 0 aliphatic rings. The fraction of sp³-hybridized carbons (Fsp3) is 0. The van der Waals surface area contributed by atoms with Gasteiger partial charge in [-0.15, -0.1) is 0 Å². The third kappa shape index (κ3) is 3.56. The van der Waals surface area contributed by atoms with Gasteiger partial charge in [0.2, 0.25) is 11.8 Å². The van der Waals surface area contributed by atoms with Gasteiger partial charge in [0.1, 0.15) is 0 Å². The number of ether oxygens (including phenoxy) is 1. The summed E-state index contributed by atoms with van der Waals surface area (Å²) in [6, 6.07) is 26.7. The van der Waals surface area contributed by atoms with Crippen molar-refractivity contribution in [2.24, 2.45) is 0 Å². The van der Waals surface area contributed by atoms with Crippen LogP contribution in [0.15, 0.2) is 84.9 Å². The molecule has 0 bridgehead atoms. The van der Waals surface area contributed by atoms with Crippen LogP contribution < -0.4 is 4.74 Å². The van der Waals surface area contributed by atoms with E-state index in [1.165, 1.54) is 0 Å². The summed E-state index contributed by atoms with van der Waals surface area (Å²) >= 11 is 0. The van der Waals surface area contributed by atoms with Gasteiger partial charge in [-0.25, -0.2) is 9.97 Å². The molecular formula is C24H14N6OPd. The van der Waals surface area contributed by atoms with Crippen LogP contribution in [-0.2, 0) is 20.4 Å². The topological polar surface area (TPSA) is 70.7 Å². The summed E-state index contributed by atoms with van der Waals surface area (Å²) in [6.45, 7) is 0. The maximum absolute atomic E-state index is 5.96. The average molecular weight is 509 g/mol. The SMILES string of the molecule is [Pd+2].[c-]1nc2ccccc2n1-c1cccc(Oc2cccc(-n3[c-]nc4ccccc43)n2)n1. The number of nitrogens with zero attached hydrogens (tertiary/aromatic N) is 6. The van der Waals surface area contributed by atoms with E-state index in [1.807, 2.05) is 72.8 Å². The van der Waals surface area contributed by atoms with Gasteiger partial charge in [-0.05, 0) is 23.2 Å². The molecule has 32 heavy (non-hydrogen) atoms. The molecule has 0 spiro atoms. The third-order valence-corrected chi connectivity index (χ3v) is 4.87. The number of hydrogen-bond donors (Lipinski definition) is 0. The predicted octanol–water partition coefficient (Wildman–Crippen LogP) is 4.54. The summed E-state index contributed by atoms with van der Waals surface area (Å²) < 4.78 is 9.57. The Morgan fingerprint density at radius 1 is 0.562 bits per heavy atom. The first-order valence-corrected chi connectivity index (χ1v) is 9.68. The van der Waals surface area contributed by atoms with Gasteiger partial charge in [-0.1, -0.05) is 83.8 Å². The molecule has 6 rings (SSSR count). The molecule has 0 aliphatic carbocycles. The molecule has 0 N–H and O–H groups in total. The minimum atomic E-state index is 0. The molecule has 0 radical (unpaired) electrons. The molecule has 4 aromatic heterocycles. The second-order valence-electron chi connectivity index (χ2n) is 6.84. The zero-order chi connectivity index (χ0) is 20.6. The molecule has 7 nitrogen and oxygen atoms in total. The molecule has 0 saturated heterocycles. The zero-order valence-electron chi connectivity index (χ0n) is 16.5. The Bertz CT molecular complexity index is 1420. The molecule has 0 saturated carbocycles. The van der Waals surface area contributed by atoms with E-state index in [0.717, 1.165) is 22.1 Å². The van der Waals surface area contributed by atoms with Crippen molar-refractivity contribution >= 4 is 22.1 Å². The number of benzene rings is 2. The van der Waals surface area contributed by atoms with Crippen LogP contribution >= 0.6 is 0 Å². The first kappa shape index (κ1) is 20.1. The maximum Gasteiger partial charge on any atom is 2.00 e. The first-order chi connectivity index (χ1) is 15.3. The molecule has 0 unspecified atom stereocenters. The van der Waals surface area contributed by atoms with Gasteiger partial charge in [0, 0.05) is 12.7 Å². The van der Waals surface area contributed by atoms with Crippen molar-refractivity contribution in [1.29, 1.82) is 0 Å². The zero-order valence-corrected chi connectivity index (χ0v) is 18.0. The number of para-hydroxylation sites is 4. The molecule has 4 heterocycles. The molecule has 156 valence electrons.